The number of hydrogen-bond donors (Lipinski definition) is 2. The highest BCUT2D eigenvalue weighted by atomic mass is 32.2. The van der Waals surface area contributed by atoms with Crippen molar-refractivity contribution >= 4 is 33.2 Å². The van der Waals surface area contributed by atoms with Crippen LogP contribution in [0.3, 0.4) is 0 Å². The summed E-state index contributed by atoms with van der Waals surface area (Å²) in [7, 11) is -3.55. The van der Waals surface area contributed by atoms with Gasteiger partial charge in [-0.15, -0.1) is 5.10 Å². The Hall–Kier alpha value is -1.84. The van der Waals surface area contributed by atoms with Crippen LogP contribution in [0.5, 0.6) is 0 Å². The molecule has 0 aliphatic heterocycles. The SMILES string of the molecule is NS(=O)(=O)Cc1ccc(NC(=O)c2csnn2)cc1. The summed E-state index contributed by atoms with van der Waals surface area (Å²) >= 11 is 1.08. The molecule has 0 fully saturated rings. The molecule has 2 rings (SSSR count). The van der Waals surface area contributed by atoms with Crippen LogP contribution in [-0.2, 0) is 15.8 Å². The van der Waals surface area contributed by atoms with Crippen LogP contribution < -0.4 is 10.5 Å². The summed E-state index contributed by atoms with van der Waals surface area (Å²) in [5, 5.41) is 12.7. The van der Waals surface area contributed by atoms with Crippen molar-refractivity contribution in [1.82, 2.24) is 9.59 Å². The van der Waals surface area contributed by atoms with E-state index < -0.39 is 10.0 Å². The van der Waals surface area contributed by atoms with Crippen molar-refractivity contribution in [2.45, 2.75) is 5.75 Å². The average molecular weight is 298 g/mol. The molecule has 0 aliphatic rings. The maximum atomic E-state index is 11.7. The van der Waals surface area contributed by atoms with Crippen molar-refractivity contribution in [2.24, 2.45) is 5.14 Å². The number of nitrogens with one attached hydrogen (secondary N) is 1. The predicted molar refractivity (Wildman–Crippen MR) is 71.1 cm³/mol. The number of nitrogens with zero attached hydrogens (tertiary/aromatic N) is 2. The Morgan fingerprint density at radius 1 is 1.32 bits per heavy atom. The van der Waals surface area contributed by atoms with Gasteiger partial charge in [0.2, 0.25) is 10.0 Å². The molecule has 0 radical (unpaired) electrons. The maximum Gasteiger partial charge on any atom is 0.277 e. The lowest BCUT2D eigenvalue weighted by Crippen LogP contribution is -2.15. The number of carbonyl (C=O) groups excluding carboxylic acids is 1. The monoisotopic (exact) mass is 298 g/mol. The minimum Gasteiger partial charge on any atom is -0.321 e. The highest BCUT2D eigenvalue weighted by Gasteiger charge is 2.09. The summed E-state index contributed by atoms with van der Waals surface area (Å²) in [5.41, 5.74) is 1.32. The largest absolute Gasteiger partial charge is 0.321 e. The van der Waals surface area contributed by atoms with Gasteiger partial charge in [0.15, 0.2) is 5.69 Å². The van der Waals surface area contributed by atoms with Crippen LogP contribution in [0.4, 0.5) is 5.69 Å². The van der Waals surface area contributed by atoms with Crippen molar-refractivity contribution in [1.29, 1.82) is 0 Å². The van der Waals surface area contributed by atoms with E-state index in [4.69, 9.17) is 5.14 Å². The zero-order chi connectivity index (χ0) is 13.9. The lowest BCUT2D eigenvalue weighted by atomic mass is 10.2. The number of amides is 1. The lowest BCUT2D eigenvalue weighted by molar-refractivity contribution is 0.102. The van der Waals surface area contributed by atoms with Crippen LogP contribution >= 0.6 is 11.5 Å². The molecule has 100 valence electrons. The normalized spacial score (nSPS) is 11.2. The highest BCUT2D eigenvalue weighted by molar-refractivity contribution is 7.88. The van der Waals surface area contributed by atoms with E-state index in [0.717, 1.165) is 11.5 Å². The molecular formula is C10H10N4O3S2. The van der Waals surface area contributed by atoms with Gasteiger partial charge in [-0.25, -0.2) is 13.6 Å². The van der Waals surface area contributed by atoms with Crippen LogP contribution in [0.15, 0.2) is 29.6 Å². The molecule has 7 nitrogen and oxygen atoms in total. The number of hydrogen-bond acceptors (Lipinski definition) is 6. The van der Waals surface area contributed by atoms with E-state index in [2.05, 4.69) is 14.9 Å². The van der Waals surface area contributed by atoms with E-state index in [0.29, 0.717) is 11.3 Å². The minimum atomic E-state index is -3.55. The molecule has 0 bridgehead atoms. The first-order valence-corrected chi connectivity index (χ1v) is 7.67. The number of carbonyl (C=O) groups is 1. The number of primary sulfonamides is 1. The first-order valence-electron chi connectivity index (χ1n) is 5.12. The van der Waals surface area contributed by atoms with E-state index in [-0.39, 0.29) is 17.4 Å². The van der Waals surface area contributed by atoms with Crippen LogP contribution in [0.25, 0.3) is 0 Å². The first-order chi connectivity index (χ1) is 8.94. The smallest absolute Gasteiger partial charge is 0.277 e. The third-order valence-electron chi connectivity index (χ3n) is 2.17. The van der Waals surface area contributed by atoms with Gasteiger partial charge in [-0.05, 0) is 29.2 Å². The molecule has 1 amide bonds. The molecule has 2 aromatic rings. The number of aromatic nitrogens is 2. The fraction of sp³-hybridized carbons (Fsp3) is 0.100. The number of benzene rings is 1. The van der Waals surface area contributed by atoms with E-state index in [1.165, 1.54) is 5.38 Å². The zero-order valence-electron chi connectivity index (χ0n) is 9.61. The van der Waals surface area contributed by atoms with Gasteiger partial charge in [0, 0.05) is 11.1 Å². The zero-order valence-corrected chi connectivity index (χ0v) is 11.2. The number of nitrogens with two attached hydrogens (primary N) is 1. The van der Waals surface area contributed by atoms with Gasteiger partial charge >= 0.3 is 0 Å². The first kappa shape index (κ1) is 13.6. The van der Waals surface area contributed by atoms with Gasteiger partial charge in [0.1, 0.15) is 0 Å². The summed E-state index contributed by atoms with van der Waals surface area (Å²) in [6.07, 6.45) is 0. The fourth-order valence-electron chi connectivity index (χ4n) is 1.38. The van der Waals surface area contributed by atoms with Gasteiger partial charge in [0.05, 0.1) is 5.75 Å². The number of anilines is 1. The molecule has 19 heavy (non-hydrogen) atoms. The quantitative estimate of drug-likeness (QED) is 0.856. The second kappa shape index (κ2) is 5.43. The molecule has 1 heterocycles. The van der Waals surface area contributed by atoms with Gasteiger partial charge in [-0.2, -0.15) is 0 Å². The summed E-state index contributed by atoms with van der Waals surface area (Å²) in [4.78, 5) is 11.7. The van der Waals surface area contributed by atoms with Gasteiger partial charge in [-0.1, -0.05) is 16.6 Å². The molecule has 9 heteroatoms. The summed E-state index contributed by atoms with van der Waals surface area (Å²) in [6, 6.07) is 6.36. The van der Waals surface area contributed by atoms with Crippen molar-refractivity contribution < 1.29 is 13.2 Å². The van der Waals surface area contributed by atoms with Crippen LogP contribution in [0.1, 0.15) is 16.1 Å². The summed E-state index contributed by atoms with van der Waals surface area (Å²) in [5.74, 6) is -0.606. The average Bonchev–Trinajstić information content (AvgIpc) is 2.83. The van der Waals surface area contributed by atoms with Gasteiger partial charge in [-0.3, -0.25) is 4.79 Å². The molecule has 1 aromatic heterocycles. The Balaban J connectivity index is 2.05. The van der Waals surface area contributed by atoms with E-state index >= 15 is 0 Å². The number of sulfonamides is 1. The Morgan fingerprint density at radius 3 is 2.53 bits per heavy atom. The Morgan fingerprint density at radius 2 is 2.00 bits per heavy atom. The van der Waals surface area contributed by atoms with Gasteiger partial charge < -0.3 is 5.32 Å². The third kappa shape index (κ3) is 4.09. The van der Waals surface area contributed by atoms with Gasteiger partial charge in [0.25, 0.3) is 5.91 Å². The molecule has 0 atom stereocenters. The Labute approximate surface area is 113 Å². The second-order valence-corrected chi connectivity index (χ2v) is 5.97. The number of rotatable bonds is 4. The topological polar surface area (TPSA) is 115 Å². The molecule has 1 aromatic carbocycles. The van der Waals surface area contributed by atoms with Crippen molar-refractivity contribution in [3.05, 3.63) is 40.9 Å². The predicted octanol–water partition coefficient (Wildman–Crippen LogP) is 0.579. The molecule has 3 N–H and O–H groups in total. The van der Waals surface area contributed by atoms with Crippen molar-refractivity contribution in [3.8, 4) is 0 Å². The Bertz CT molecular complexity index is 665. The molecule has 0 saturated carbocycles. The molecule has 0 spiro atoms. The molecular weight excluding hydrogens is 288 g/mol. The minimum absolute atomic E-state index is 0.235. The van der Waals surface area contributed by atoms with Crippen LogP contribution in [-0.4, -0.2) is 23.9 Å². The molecule has 0 aliphatic carbocycles. The lowest BCUT2D eigenvalue weighted by Gasteiger charge is -2.04. The van der Waals surface area contributed by atoms with E-state index in [9.17, 15) is 13.2 Å². The van der Waals surface area contributed by atoms with Crippen LogP contribution in [0.2, 0.25) is 0 Å². The Kier molecular flexibility index (Phi) is 3.88. The van der Waals surface area contributed by atoms with Crippen molar-refractivity contribution in [3.63, 3.8) is 0 Å². The fourth-order valence-corrected chi connectivity index (χ4v) is 2.47. The molecule has 0 saturated heterocycles. The van der Waals surface area contributed by atoms with E-state index in [1.807, 2.05) is 0 Å². The van der Waals surface area contributed by atoms with Crippen LogP contribution in [0, 0.1) is 0 Å². The maximum absolute atomic E-state index is 11.7. The molecule has 0 unspecified atom stereocenters. The van der Waals surface area contributed by atoms with E-state index in [1.54, 1.807) is 24.3 Å². The third-order valence-corrected chi connectivity index (χ3v) is 3.41. The standard InChI is InChI=1S/C10H10N4O3S2/c11-19(16,17)6-7-1-3-8(4-2-7)12-10(15)9-5-18-14-13-9/h1-5H,6H2,(H,12,15)(H2,11,16,17). The van der Waals surface area contributed by atoms with Crippen molar-refractivity contribution in [2.75, 3.05) is 5.32 Å². The highest BCUT2D eigenvalue weighted by Crippen LogP contribution is 2.12. The second-order valence-electron chi connectivity index (χ2n) is 3.75. The summed E-state index contributed by atoms with van der Waals surface area (Å²) < 4.78 is 25.4. The summed E-state index contributed by atoms with van der Waals surface area (Å²) in [6.45, 7) is 0.